The average molecular weight is 778 g/mol. The van der Waals surface area contributed by atoms with Gasteiger partial charge in [0.15, 0.2) is 25.2 Å². The van der Waals surface area contributed by atoms with E-state index in [0.717, 1.165) is 6.26 Å². The van der Waals surface area contributed by atoms with Crippen LogP contribution in [-0.4, -0.2) is 234 Å². The molecule has 5 heterocycles. The van der Waals surface area contributed by atoms with Gasteiger partial charge in [0, 0.05) is 0 Å². The fraction of sp³-hybridized carbons (Fsp3) is 0.933. The summed E-state index contributed by atoms with van der Waals surface area (Å²) in [5.74, 6) is 0. The molecule has 0 amide bonds. The Labute approximate surface area is 301 Å². The van der Waals surface area contributed by atoms with Crippen molar-refractivity contribution in [2.75, 3.05) is 26.4 Å². The monoisotopic (exact) mass is 777 g/mol. The molecule has 4 saturated heterocycles. The molecule has 5 aliphatic rings. The predicted octanol–water partition coefficient (Wildman–Crippen LogP) is -9.10. The van der Waals surface area contributed by atoms with Crippen molar-refractivity contribution in [1.82, 2.24) is 0 Å². The van der Waals surface area contributed by atoms with Crippen LogP contribution in [0.5, 0.6) is 0 Å². The Hall–Kier alpha value is -1.34. The molecule has 53 heavy (non-hydrogen) atoms. The Morgan fingerprint density at radius 1 is 0.472 bits per heavy atom. The number of rotatable bonds is 12. The zero-order chi connectivity index (χ0) is 38.9. The normalized spacial score (nSPS) is 52.2. The van der Waals surface area contributed by atoms with Gasteiger partial charge in [0.25, 0.3) is 0 Å². The maximum Gasteiger partial charge on any atom is 0.187 e. The molecule has 23 nitrogen and oxygen atoms in total. The van der Waals surface area contributed by atoms with E-state index >= 15 is 0 Å². The summed E-state index contributed by atoms with van der Waals surface area (Å²) >= 11 is 0. The van der Waals surface area contributed by atoms with Gasteiger partial charge in [0.1, 0.15) is 104 Å². The van der Waals surface area contributed by atoms with E-state index in [-0.39, 0.29) is 0 Å². The molecule has 0 spiro atoms. The summed E-state index contributed by atoms with van der Waals surface area (Å²) in [6.45, 7) is -1.80. The summed E-state index contributed by atoms with van der Waals surface area (Å²) in [6, 6.07) is -1.60. The summed E-state index contributed by atoms with van der Waals surface area (Å²) in [4.78, 5) is 0. The van der Waals surface area contributed by atoms with E-state index in [1.807, 2.05) is 0 Å². The molecule has 15 N–H and O–H groups in total. The molecule has 0 saturated carbocycles. The fourth-order valence-electron chi connectivity index (χ4n) is 6.71. The second kappa shape index (κ2) is 18.3. The van der Waals surface area contributed by atoms with Crippen molar-refractivity contribution in [3.05, 3.63) is 12.3 Å². The molecule has 0 bridgehead atoms. The first-order chi connectivity index (χ1) is 25.2. The molecule has 0 aliphatic carbocycles. The summed E-state index contributed by atoms with van der Waals surface area (Å²) in [5.41, 5.74) is 6.43. The highest BCUT2D eigenvalue weighted by Crippen LogP contribution is 2.35. The minimum absolute atomic E-state index is 0.609. The second-order valence-corrected chi connectivity index (χ2v) is 13.5. The van der Waals surface area contributed by atoms with E-state index in [4.69, 9.17) is 48.4 Å². The second-order valence-electron chi connectivity index (χ2n) is 13.5. The van der Waals surface area contributed by atoms with E-state index in [9.17, 15) is 66.4 Å². The van der Waals surface area contributed by atoms with Crippen molar-refractivity contribution < 1.29 is 109 Å². The third-order valence-corrected chi connectivity index (χ3v) is 9.93. The highest BCUT2D eigenvalue weighted by atomic mass is 16.8. The molecule has 23 atom stereocenters. The lowest BCUT2D eigenvalue weighted by Crippen LogP contribution is -2.69. The van der Waals surface area contributed by atoms with Crippen LogP contribution in [0.1, 0.15) is 6.92 Å². The van der Waals surface area contributed by atoms with E-state index in [1.165, 1.54) is 13.0 Å². The lowest BCUT2D eigenvalue weighted by molar-refractivity contribution is -0.386. The van der Waals surface area contributed by atoms with Crippen molar-refractivity contribution in [3.63, 3.8) is 0 Å². The molecule has 5 aliphatic heterocycles. The summed E-state index contributed by atoms with van der Waals surface area (Å²) in [5, 5.41) is 136. The highest BCUT2D eigenvalue weighted by Gasteiger charge is 2.55. The molecule has 5 rings (SSSR count). The summed E-state index contributed by atoms with van der Waals surface area (Å²) < 4.78 is 50.8. The SMILES string of the molecule is C[C@@H]1O[C@@H](O[C@H]2[C@H](O[C@@H]3[C@@H](N)[C@H](O[C@H]4[C@@H](O)[C@@H](CO)O[C@H](O[C@@H]5[C@H](O)C=CO[C@@H]5CO)[C@@H]4O)O[C@H](CO)[C@@H]3O)O[C@H](CO)[C@H](O)[C@@H]2O)[C@@H](O)[C@H](O)[C@@H]1O. The minimum Gasteiger partial charge on any atom is -0.493 e. The Morgan fingerprint density at radius 3 is 1.58 bits per heavy atom. The van der Waals surface area contributed by atoms with E-state index in [2.05, 4.69) is 0 Å². The number of aliphatic hydroxyl groups is 13. The zero-order valence-corrected chi connectivity index (χ0v) is 28.3. The molecule has 308 valence electrons. The van der Waals surface area contributed by atoms with Crippen LogP contribution in [0.4, 0.5) is 0 Å². The van der Waals surface area contributed by atoms with Crippen LogP contribution in [0.3, 0.4) is 0 Å². The number of hydrogen-bond donors (Lipinski definition) is 14. The van der Waals surface area contributed by atoms with E-state index < -0.39 is 168 Å². The van der Waals surface area contributed by atoms with Crippen molar-refractivity contribution in [1.29, 1.82) is 0 Å². The summed E-state index contributed by atoms with van der Waals surface area (Å²) in [7, 11) is 0. The maximum absolute atomic E-state index is 11.3. The molecule has 23 heteroatoms. The molecular weight excluding hydrogens is 726 g/mol. The highest BCUT2D eigenvalue weighted by molar-refractivity contribution is 5.01. The Kier molecular flexibility index (Phi) is 14.8. The van der Waals surface area contributed by atoms with Crippen molar-refractivity contribution >= 4 is 0 Å². The molecule has 0 unspecified atom stereocenters. The first-order valence-electron chi connectivity index (χ1n) is 17.0. The van der Waals surface area contributed by atoms with Gasteiger partial charge in [0.2, 0.25) is 0 Å². The molecule has 0 radical (unpaired) electrons. The van der Waals surface area contributed by atoms with E-state index in [1.54, 1.807) is 0 Å². The van der Waals surface area contributed by atoms with Crippen LogP contribution >= 0.6 is 0 Å². The molecule has 0 aromatic carbocycles. The first-order valence-corrected chi connectivity index (χ1v) is 17.0. The van der Waals surface area contributed by atoms with Crippen LogP contribution in [-0.2, 0) is 42.6 Å². The Bertz CT molecular complexity index is 1180. The van der Waals surface area contributed by atoms with Gasteiger partial charge in [-0.3, -0.25) is 0 Å². The lowest BCUT2D eigenvalue weighted by atomic mass is 9.94. The quantitative estimate of drug-likeness (QED) is 0.0874. The molecule has 4 fully saturated rings. The first kappa shape index (κ1) is 42.8. The van der Waals surface area contributed by atoms with Crippen LogP contribution in [0, 0.1) is 0 Å². The standard InChI is InChI=1S/C30H51NO22/c1-8-15(37)19(41)21(43)28(46-8)53-26-20(42)16(38)10(4-32)49-30(26)51-24-14(31)27(47-11(5-33)17(24)39)52-25-18(40)12(6-34)48-29(22(25)44)50-23-9(36)2-3-45-13(23)7-35/h2-3,8-30,32-44H,4-7,31H2,1H3/t8-,9+,10+,11+,12+,13+,14+,15+,16-,17-,18-,19+,20-,21-,22+,23+,24+,25-,26+,27-,28-,29+,30-/m0/s1. The van der Waals surface area contributed by atoms with Gasteiger partial charge in [-0.15, -0.1) is 0 Å². The van der Waals surface area contributed by atoms with Crippen LogP contribution in [0.2, 0.25) is 0 Å². The minimum atomic E-state index is -1.93. The average Bonchev–Trinajstić information content (AvgIpc) is 3.14. The topological polar surface area (TPSA) is 372 Å². The zero-order valence-electron chi connectivity index (χ0n) is 28.3. The van der Waals surface area contributed by atoms with Crippen LogP contribution in [0.15, 0.2) is 12.3 Å². The lowest BCUT2D eigenvalue weighted by Gasteiger charge is -2.50. The van der Waals surface area contributed by atoms with Crippen molar-refractivity contribution in [3.8, 4) is 0 Å². The largest absolute Gasteiger partial charge is 0.493 e. The van der Waals surface area contributed by atoms with Gasteiger partial charge >= 0.3 is 0 Å². The maximum atomic E-state index is 11.3. The van der Waals surface area contributed by atoms with Crippen molar-refractivity contribution in [2.45, 2.75) is 148 Å². The smallest absolute Gasteiger partial charge is 0.187 e. The number of nitrogens with two attached hydrogens (primary N) is 1. The fourth-order valence-corrected chi connectivity index (χ4v) is 6.71. The van der Waals surface area contributed by atoms with Gasteiger partial charge in [-0.25, -0.2) is 0 Å². The third kappa shape index (κ3) is 8.81. The van der Waals surface area contributed by atoms with Crippen LogP contribution < -0.4 is 5.73 Å². The number of aliphatic hydroxyl groups excluding tert-OH is 13. The summed E-state index contributed by atoms with van der Waals surface area (Å²) in [6.07, 6.45) is -33.6. The molecule has 0 aromatic heterocycles. The predicted molar refractivity (Wildman–Crippen MR) is 164 cm³/mol. The van der Waals surface area contributed by atoms with Crippen molar-refractivity contribution in [2.24, 2.45) is 5.73 Å². The molecule has 0 aromatic rings. The van der Waals surface area contributed by atoms with Gasteiger partial charge in [-0.05, 0) is 13.0 Å². The van der Waals surface area contributed by atoms with Gasteiger partial charge < -0.3 is 115 Å². The van der Waals surface area contributed by atoms with E-state index in [0.29, 0.717) is 0 Å². The number of ether oxygens (including phenoxy) is 9. The Morgan fingerprint density at radius 2 is 0.962 bits per heavy atom. The Balaban J connectivity index is 1.37. The van der Waals surface area contributed by atoms with Crippen LogP contribution in [0.25, 0.3) is 0 Å². The van der Waals surface area contributed by atoms with Gasteiger partial charge in [-0.1, -0.05) is 0 Å². The molecular formula is C30H51NO22. The van der Waals surface area contributed by atoms with Gasteiger partial charge in [0.05, 0.1) is 44.8 Å². The van der Waals surface area contributed by atoms with Gasteiger partial charge in [-0.2, -0.15) is 0 Å². The third-order valence-electron chi connectivity index (χ3n) is 9.93. The number of hydrogen-bond acceptors (Lipinski definition) is 23.